The lowest BCUT2D eigenvalue weighted by Gasteiger charge is -2.10. The Hall–Kier alpha value is -0.170. The Balaban J connectivity index is 2.01. The summed E-state index contributed by atoms with van der Waals surface area (Å²) in [7, 11) is -3.03. The Bertz CT molecular complexity index is 234. The fourth-order valence-corrected chi connectivity index (χ4v) is 1.81. The van der Waals surface area contributed by atoms with E-state index in [9.17, 15) is 8.42 Å². The van der Waals surface area contributed by atoms with Crippen molar-refractivity contribution in [3.05, 3.63) is 0 Å². The van der Waals surface area contributed by atoms with Gasteiger partial charge in [-0.25, -0.2) is 13.1 Å². The van der Waals surface area contributed by atoms with E-state index in [1.165, 1.54) is 6.26 Å². The molecule has 1 fully saturated rings. The van der Waals surface area contributed by atoms with Crippen LogP contribution in [0, 0.1) is 0 Å². The van der Waals surface area contributed by atoms with E-state index in [1.807, 2.05) is 0 Å². The summed E-state index contributed by atoms with van der Waals surface area (Å²) >= 11 is 0. The minimum absolute atomic E-state index is 0.468. The molecule has 1 aliphatic heterocycles. The summed E-state index contributed by atoms with van der Waals surface area (Å²) in [6.45, 7) is 3.20. The molecule has 13 heavy (non-hydrogen) atoms. The van der Waals surface area contributed by atoms with Crippen LogP contribution in [0.5, 0.6) is 0 Å². The molecule has 1 atom stereocenters. The number of hydrogen-bond donors (Lipinski definition) is 3. The van der Waals surface area contributed by atoms with Gasteiger partial charge in [0.2, 0.25) is 10.0 Å². The molecule has 0 radical (unpaired) electrons. The summed E-state index contributed by atoms with van der Waals surface area (Å²) in [5.74, 6) is 0. The average molecular weight is 207 g/mol. The Kier molecular flexibility index (Phi) is 4.11. The molecule has 5 nitrogen and oxygen atoms in total. The SMILES string of the molecule is CS(=O)(=O)NCCNC1CCNC1. The summed E-state index contributed by atoms with van der Waals surface area (Å²) in [4.78, 5) is 0. The number of sulfonamides is 1. The lowest BCUT2D eigenvalue weighted by atomic mass is 10.3. The van der Waals surface area contributed by atoms with Crippen LogP contribution in [0.2, 0.25) is 0 Å². The smallest absolute Gasteiger partial charge is 0.208 e. The maximum absolute atomic E-state index is 10.7. The molecule has 0 aromatic heterocycles. The van der Waals surface area contributed by atoms with Crippen molar-refractivity contribution in [1.29, 1.82) is 0 Å². The third-order valence-corrected chi connectivity index (χ3v) is 2.71. The van der Waals surface area contributed by atoms with Gasteiger partial charge in [0.25, 0.3) is 0 Å². The van der Waals surface area contributed by atoms with Gasteiger partial charge in [0.15, 0.2) is 0 Å². The van der Waals surface area contributed by atoms with Gasteiger partial charge in [-0.3, -0.25) is 0 Å². The maximum atomic E-state index is 10.7. The molecule has 1 aliphatic rings. The zero-order valence-corrected chi connectivity index (χ0v) is 8.65. The molecule has 1 heterocycles. The van der Waals surface area contributed by atoms with Gasteiger partial charge in [0, 0.05) is 25.7 Å². The second kappa shape index (κ2) is 4.90. The highest BCUT2D eigenvalue weighted by Gasteiger charge is 2.12. The van der Waals surface area contributed by atoms with Crippen LogP contribution in [-0.2, 0) is 10.0 Å². The van der Waals surface area contributed by atoms with Crippen molar-refractivity contribution in [2.75, 3.05) is 32.4 Å². The third kappa shape index (κ3) is 5.20. The fourth-order valence-electron chi connectivity index (χ4n) is 1.34. The van der Waals surface area contributed by atoms with Crippen LogP contribution in [0.4, 0.5) is 0 Å². The van der Waals surface area contributed by atoms with E-state index in [4.69, 9.17) is 0 Å². The van der Waals surface area contributed by atoms with Crippen molar-refractivity contribution in [1.82, 2.24) is 15.4 Å². The van der Waals surface area contributed by atoms with Gasteiger partial charge in [0.1, 0.15) is 0 Å². The monoisotopic (exact) mass is 207 g/mol. The molecule has 6 heteroatoms. The van der Waals surface area contributed by atoms with Crippen molar-refractivity contribution in [3.63, 3.8) is 0 Å². The zero-order valence-electron chi connectivity index (χ0n) is 7.84. The number of nitrogens with one attached hydrogen (secondary N) is 3. The fraction of sp³-hybridized carbons (Fsp3) is 1.00. The molecule has 0 aromatic rings. The molecule has 0 amide bonds. The third-order valence-electron chi connectivity index (χ3n) is 1.98. The summed E-state index contributed by atoms with van der Waals surface area (Å²) in [5.41, 5.74) is 0. The molecule has 1 rings (SSSR count). The van der Waals surface area contributed by atoms with E-state index in [2.05, 4.69) is 15.4 Å². The summed E-state index contributed by atoms with van der Waals surface area (Å²) in [5, 5.41) is 6.49. The van der Waals surface area contributed by atoms with Gasteiger partial charge < -0.3 is 10.6 Å². The number of rotatable bonds is 5. The highest BCUT2D eigenvalue weighted by Crippen LogP contribution is 1.95. The molecule has 0 saturated carbocycles. The van der Waals surface area contributed by atoms with Crippen LogP contribution in [0.15, 0.2) is 0 Å². The first-order valence-electron chi connectivity index (χ1n) is 4.47. The molecule has 78 valence electrons. The Labute approximate surface area is 79.3 Å². The molecule has 3 N–H and O–H groups in total. The van der Waals surface area contributed by atoms with E-state index in [-0.39, 0.29) is 0 Å². The quantitative estimate of drug-likeness (QED) is 0.479. The first-order chi connectivity index (χ1) is 6.08. The van der Waals surface area contributed by atoms with E-state index in [0.717, 1.165) is 19.5 Å². The predicted octanol–water partition coefficient (Wildman–Crippen LogP) is -1.51. The van der Waals surface area contributed by atoms with Gasteiger partial charge >= 0.3 is 0 Å². The molecular weight excluding hydrogens is 190 g/mol. The van der Waals surface area contributed by atoms with Crippen molar-refractivity contribution in [2.45, 2.75) is 12.5 Å². The highest BCUT2D eigenvalue weighted by molar-refractivity contribution is 7.88. The highest BCUT2D eigenvalue weighted by atomic mass is 32.2. The Morgan fingerprint density at radius 1 is 1.46 bits per heavy atom. The summed E-state index contributed by atoms with van der Waals surface area (Å²) < 4.78 is 23.8. The van der Waals surface area contributed by atoms with Gasteiger partial charge in [0.05, 0.1) is 6.26 Å². The molecule has 0 spiro atoms. The van der Waals surface area contributed by atoms with Crippen molar-refractivity contribution in [2.24, 2.45) is 0 Å². The van der Waals surface area contributed by atoms with Crippen molar-refractivity contribution >= 4 is 10.0 Å². The van der Waals surface area contributed by atoms with Gasteiger partial charge in [-0.15, -0.1) is 0 Å². The summed E-state index contributed by atoms with van der Waals surface area (Å²) in [6, 6.07) is 0.501. The van der Waals surface area contributed by atoms with Gasteiger partial charge in [-0.2, -0.15) is 0 Å². The largest absolute Gasteiger partial charge is 0.315 e. The van der Waals surface area contributed by atoms with Crippen LogP contribution in [0.3, 0.4) is 0 Å². The zero-order chi connectivity index (χ0) is 9.73. The van der Waals surface area contributed by atoms with E-state index in [0.29, 0.717) is 19.1 Å². The Morgan fingerprint density at radius 2 is 2.23 bits per heavy atom. The van der Waals surface area contributed by atoms with E-state index < -0.39 is 10.0 Å². The second-order valence-corrected chi connectivity index (χ2v) is 5.14. The standard InChI is InChI=1S/C7H17N3O2S/c1-13(11,12)10-5-4-9-7-2-3-8-6-7/h7-10H,2-6H2,1H3. The van der Waals surface area contributed by atoms with Crippen LogP contribution in [0.1, 0.15) is 6.42 Å². The second-order valence-electron chi connectivity index (χ2n) is 3.31. The topological polar surface area (TPSA) is 70.2 Å². The first-order valence-corrected chi connectivity index (χ1v) is 6.36. The minimum Gasteiger partial charge on any atom is -0.315 e. The van der Waals surface area contributed by atoms with Gasteiger partial charge in [-0.1, -0.05) is 0 Å². The lowest BCUT2D eigenvalue weighted by molar-refractivity contribution is 0.539. The first kappa shape index (κ1) is 10.9. The van der Waals surface area contributed by atoms with E-state index in [1.54, 1.807) is 0 Å². The number of hydrogen-bond acceptors (Lipinski definition) is 4. The molecule has 0 aromatic carbocycles. The predicted molar refractivity (Wildman–Crippen MR) is 52.1 cm³/mol. The van der Waals surface area contributed by atoms with Crippen molar-refractivity contribution < 1.29 is 8.42 Å². The van der Waals surface area contributed by atoms with Crippen molar-refractivity contribution in [3.8, 4) is 0 Å². The summed E-state index contributed by atoms with van der Waals surface area (Å²) in [6.07, 6.45) is 2.29. The molecule has 0 bridgehead atoms. The maximum Gasteiger partial charge on any atom is 0.208 e. The Morgan fingerprint density at radius 3 is 2.77 bits per heavy atom. The molecule has 0 aliphatic carbocycles. The minimum atomic E-state index is -3.03. The normalized spacial score (nSPS) is 23.6. The molecule has 1 saturated heterocycles. The average Bonchev–Trinajstić information content (AvgIpc) is 2.48. The van der Waals surface area contributed by atoms with Crippen LogP contribution in [-0.4, -0.2) is 46.9 Å². The van der Waals surface area contributed by atoms with Gasteiger partial charge in [-0.05, 0) is 13.0 Å². The van der Waals surface area contributed by atoms with Crippen LogP contribution < -0.4 is 15.4 Å². The van der Waals surface area contributed by atoms with E-state index >= 15 is 0 Å². The van der Waals surface area contributed by atoms with Crippen LogP contribution >= 0.6 is 0 Å². The molecule has 1 unspecified atom stereocenters. The van der Waals surface area contributed by atoms with Crippen LogP contribution in [0.25, 0.3) is 0 Å². The molecular formula is C7H17N3O2S. The lowest BCUT2D eigenvalue weighted by Crippen LogP contribution is -2.37.